The summed E-state index contributed by atoms with van der Waals surface area (Å²) in [7, 11) is 1.51. The van der Waals surface area contributed by atoms with E-state index in [1.54, 1.807) is 12.1 Å². The van der Waals surface area contributed by atoms with Crippen molar-refractivity contribution >= 4 is 5.97 Å². The van der Waals surface area contributed by atoms with E-state index in [-0.39, 0.29) is 13.2 Å². The van der Waals surface area contributed by atoms with E-state index in [4.69, 9.17) is 18.9 Å². The number of aliphatic hydroxyl groups is 3. The van der Waals surface area contributed by atoms with Crippen LogP contribution in [-0.4, -0.2) is 72.3 Å². The van der Waals surface area contributed by atoms with E-state index in [0.29, 0.717) is 11.3 Å². The molecule has 0 bridgehead atoms. The average molecular weight is 354 g/mol. The van der Waals surface area contributed by atoms with Crippen molar-refractivity contribution in [3.05, 3.63) is 42.5 Å². The van der Waals surface area contributed by atoms with Crippen LogP contribution in [-0.2, 0) is 14.2 Å². The van der Waals surface area contributed by atoms with Crippen molar-refractivity contribution in [2.24, 2.45) is 0 Å². The van der Waals surface area contributed by atoms with Crippen molar-refractivity contribution in [3.8, 4) is 5.75 Å². The third-order valence-electron chi connectivity index (χ3n) is 3.77. The Kier molecular flexibility index (Phi) is 6.91. The van der Waals surface area contributed by atoms with Gasteiger partial charge in [0, 0.05) is 0 Å². The van der Waals surface area contributed by atoms with Gasteiger partial charge in [-0.05, 0) is 24.3 Å². The molecule has 8 nitrogen and oxygen atoms in total. The first kappa shape index (κ1) is 19.4. The lowest BCUT2D eigenvalue weighted by atomic mass is 9.99. The number of esters is 1. The Morgan fingerprint density at radius 3 is 2.52 bits per heavy atom. The number of methoxy groups -OCH3 is 1. The molecule has 0 spiro atoms. The second-order valence-corrected chi connectivity index (χ2v) is 5.46. The number of hydrogen-bond donors (Lipinski definition) is 3. The van der Waals surface area contributed by atoms with Gasteiger partial charge in [0.05, 0.1) is 19.3 Å². The molecular formula is C17H22O8. The summed E-state index contributed by atoms with van der Waals surface area (Å²) >= 11 is 0. The van der Waals surface area contributed by atoms with Crippen LogP contribution in [0.3, 0.4) is 0 Å². The lowest BCUT2D eigenvalue weighted by Gasteiger charge is -2.40. The molecule has 8 heteroatoms. The first-order valence-corrected chi connectivity index (χ1v) is 7.71. The summed E-state index contributed by atoms with van der Waals surface area (Å²) in [5.74, 6) is -0.0236. The number of carbonyl (C=O) groups excluding carboxylic acids is 1. The van der Waals surface area contributed by atoms with Crippen LogP contribution in [0, 0.1) is 0 Å². The van der Waals surface area contributed by atoms with E-state index < -0.39 is 36.7 Å². The Labute approximate surface area is 145 Å². The van der Waals surface area contributed by atoms with Gasteiger partial charge < -0.3 is 34.3 Å². The van der Waals surface area contributed by atoms with Gasteiger partial charge >= 0.3 is 5.97 Å². The van der Waals surface area contributed by atoms with Gasteiger partial charge in [0.2, 0.25) is 0 Å². The topological polar surface area (TPSA) is 115 Å². The largest absolute Gasteiger partial charge is 0.497 e. The monoisotopic (exact) mass is 354 g/mol. The highest BCUT2D eigenvalue weighted by Crippen LogP contribution is 2.23. The molecule has 1 aliphatic heterocycles. The van der Waals surface area contributed by atoms with Crippen molar-refractivity contribution in [3.63, 3.8) is 0 Å². The van der Waals surface area contributed by atoms with Crippen LogP contribution in [0.4, 0.5) is 0 Å². The molecule has 25 heavy (non-hydrogen) atoms. The van der Waals surface area contributed by atoms with Crippen LogP contribution in [0.1, 0.15) is 10.4 Å². The minimum Gasteiger partial charge on any atom is -0.497 e. The Balaban J connectivity index is 1.95. The molecule has 2 rings (SSSR count). The maximum Gasteiger partial charge on any atom is 0.338 e. The smallest absolute Gasteiger partial charge is 0.338 e. The quantitative estimate of drug-likeness (QED) is 0.458. The average Bonchev–Trinajstić information content (AvgIpc) is 2.63. The number of carbonyl (C=O) groups is 1. The molecule has 1 heterocycles. The van der Waals surface area contributed by atoms with Gasteiger partial charge in [-0.15, -0.1) is 6.58 Å². The Bertz CT molecular complexity index is 573. The van der Waals surface area contributed by atoms with Crippen molar-refractivity contribution in [2.45, 2.75) is 30.7 Å². The Morgan fingerprint density at radius 1 is 1.24 bits per heavy atom. The number of hydrogen-bond acceptors (Lipinski definition) is 8. The molecule has 1 aliphatic rings. The van der Waals surface area contributed by atoms with E-state index >= 15 is 0 Å². The molecule has 0 amide bonds. The summed E-state index contributed by atoms with van der Waals surface area (Å²) in [6.45, 7) is 3.24. The van der Waals surface area contributed by atoms with Gasteiger partial charge in [0.1, 0.15) is 36.8 Å². The molecule has 0 radical (unpaired) electrons. The summed E-state index contributed by atoms with van der Waals surface area (Å²) < 4.78 is 20.5. The molecule has 0 saturated carbocycles. The standard InChI is InChI=1S/C17H22O8/c1-3-8-23-15-13(18)12(25-17(21)14(15)19)9-24-16(20)10-4-6-11(22-2)7-5-10/h3-7,12-15,17-19,21H,1,8-9H2,2H3. The summed E-state index contributed by atoms with van der Waals surface area (Å²) in [5, 5.41) is 29.8. The number of rotatable bonds is 7. The first-order chi connectivity index (χ1) is 12.0. The van der Waals surface area contributed by atoms with E-state index in [0.717, 1.165) is 0 Å². The third kappa shape index (κ3) is 4.77. The maximum absolute atomic E-state index is 12.0. The lowest BCUT2D eigenvalue weighted by Crippen LogP contribution is -2.59. The SMILES string of the molecule is C=CCOC1C(O)C(O)OC(COC(=O)c2ccc(OC)cc2)C1O. The normalized spacial score (nSPS) is 29.0. The van der Waals surface area contributed by atoms with Gasteiger partial charge in [-0.3, -0.25) is 0 Å². The molecule has 1 fully saturated rings. The van der Waals surface area contributed by atoms with Gasteiger partial charge in [0.25, 0.3) is 0 Å². The van der Waals surface area contributed by atoms with Crippen molar-refractivity contribution in [1.29, 1.82) is 0 Å². The second-order valence-electron chi connectivity index (χ2n) is 5.46. The molecular weight excluding hydrogens is 332 g/mol. The third-order valence-corrected chi connectivity index (χ3v) is 3.77. The number of benzene rings is 1. The number of ether oxygens (including phenoxy) is 4. The van der Waals surface area contributed by atoms with E-state index in [2.05, 4.69) is 6.58 Å². The van der Waals surface area contributed by atoms with E-state index in [1.165, 1.54) is 25.3 Å². The fourth-order valence-corrected chi connectivity index (χ4v) is 2.40. The van der Waals surface area contributed by atoms with E-state index in [9.17, 15) is 20.1 Å². The van der Waals surface area contributed by atoms with Crippen LogP contribution in [0.5, 0.6) is 5.75 Å². The molecule has 138 valence electrons. The van der Waals surface area contributed by atoms with Crippen LogP contribution >= 0.6 is 0 Å². The summed E-state index contributed by atoms with van der Waals surface area (Å²) in [6, 6.07) is 6.30. The summed E-state index contributed by atoms with van der Waals surface area (Å²) in [5.41, 5.74) is 0.297. The van der Waals surface area contributed by atoms with Gasteiger partial charge in [-0.1, -0.05) is 6.08 Å². The molecule has 1 aromatic carbocycles. The van der Waals surface area contributed by atoms with Crippen LogP contribution in [0.2, 0.25) is 0 Å². The molecule has 5 atom stereocenters. The predicted molar refractivity (Wildman–Crippen MR) is 86.1 cm³/mol. The highest BCUT2D eigenvalue weighted by atomic mass is 16.7. The molecule has 0 aromatic heterocycles. The number of aliphatic hydroxyl groups excluding tert-OH is 3. The molecule has 5 unspecified atom stereocenters. The van der Waals surface area contributed by atoms with E-state index in [1.807, 2.05) is 0 Å². The minimum atomic E-state index is -1.57. The summed E-state index contributed by atoms with van der Waals surface area (Å²) in [4.78, 5) is 12.0. The second kappa shape index (κ2) is 8.93. The van der Waals surface area contributed by atoms with Crippen molar-refractivity contribution < 1.29 is 39.1 Å². The molecule has 1 aromatic rings. The zero-order valence-corrected chi connectivity index (χ0v) is 13.8. The zero-order chi connectivity index (χ0) is 18.4. The molecule has 3 N–H and O–H groups in total. The van der Waals surface area contributed by atoms with Crippen LogP contribution in [0.15, 0.2) is 36.9 Å². The lowest BCUT2D eigenvalue weighted by molar-refractivity contribution is -0.292. The van der Waals surface area contributed by atoms with Crippen molar-refractivity contribution in [2.75, 3.05) is 20.3 Å². The molecule has 1 saturated heterocycles. The highest BCUT2D eigenvalue weighted by molar-refractivity contribution is 5.89. The predicted octanol–water partition coefficient (Wildman–Crippen LogP) is -0.138. The first-order valence-electron chi connectivity index (χ1n) is 7.71. The minimum absolute atomic E-state index is 0.0733. The van der Waals surface area contributed by atoms with Crippen molar-refractivity contribution in [1.82, 2.24) is 0 Å². The Hall–Kier alpha value is -1.97. The van der Waals surface area contributed by atoms with Crippen LogP contribution < -0.4 is 4.74 Å². The fourth-order valence-electron chi connectivity index (χ4n) is 2.40. The van der Waals surface area contributed by atoms with Crippen LogP contribution in [0.25, 0.3) is 0 Å². The van der Waals surface area contributed by atoms with Gasteiger partial charge in [-0.25, -0.2) is 4.79 Å². The Morgan fingerprint density at radius 2 is 1.92 bits per heavy atom. The zero-order valence-electron chi connectivity index (χ0n) is 13.8. The fraction of sp³-hybridized carbons (Fsp3) is 0.471. The molecule has 0 aliphatic carbocycles. The summed E-state index contributed by atoms with van der Waals surface area (Å²) in [6.07, 6.45) is -4.98. The highest BCUT2D eigenvalue weighted by Gasteiger charge is 2.45. The maximum atomic E-state index is 12.0. The van der Waals surface area contributed by atoms with Gasteiger partial charge in [-0.2, -0.15) is 0 Å². The van der Waals surface area contributed by atoms with Gasteiger partial charge in [0.15, 0.2) is 6.29 Å².